The highest BCUT2D eigenvalue weighted by molar-refractivity contribution is 7.89. The molecule has 1 fully saturated rings. The number of nitrogens with one attached hydrogen (secondary N) is 1. The van der Waals surface area contributed by atoms with Crippen LogP contribution >= 0.6 is 0 Å². The van der Waals surface area contributed by atoms with Crippen molar-refractivity contribution < 1.29 is 13.2 Å². The van der Waals surface area contributed by atoms with Crippen molar-refractivity contribution in [2.45, 2.75) is 57.8 Å². The molecule has 1 rings (SSSR count). The molecule has 0 aromatic carbocycles. The Morgan fingerprint density at radius 1 is 1.35 bits per heavy atom. The van der Waals surface area contributed by atoms with Crippen molar-refractivity contribution in [2.24, 2.45) is 5.14 Å². The molecule has 0 saturated carbocycles. The normalized spacial score (nSPS) is 27.2. The number of sulfonamides is 1. The molecule has 0 aliphatic carbocycles. The summed E-state index contributed by atoms with van der Waals surface area (Å²) in [6.07, 6.45) is 1.46. The first-order valence-corrected chi connectivity index (χ1v) is 7.67. The van der Waals surface area contributed by atoms with Crippen LogP contribution in [0.4, 0.5) is 0 Å². The first-order valence-electron chi connectivity index (χ1n) is 5.96. The van der Waals surface area contributed by atoms with Gasteiger partial charge in [-0.25, -0.2) is 13.6 Å². The maximum atomic E-state index is 10.8. The van der Waals surface area contributed by atoms with Gasteiger partial charge >= 0.3 is 0 Å². The van der Waals surface area contributed by atoms with Gasteiger partial charge in [0.1, 0.15) is 0 Å². The second-order valence-electron chi connectivity index (χ2n) is 5.90. The van der Waals surface area contributed by atoms with Crippen LogP contribution in [0.15, 0.2) is 0 Å². The lowest BCUT2D eigenvalue weighted by Crippen LogP contribution is -2.44. The van der Waals surface area contributed by atoms with Gasteiger partial charge in [-0.15, -0.1) is 0 Å². The summed E-state index contributed by atoms with van der Waals surface area (Å²) < 4.78 is 27.5. The minimum absolute atomic E-state index is 0.0252. The van der Waals surface area contributed by atoms with Gasteiger partial charge < -0.3 is 10.1 Å². The molecule has 0 aromatic rings. The molecule has 1 aliphatic heterocycles. The third kappa shape index (κ3) is 4.91. The minimum atomic E-state index is -3.34. The number of primary sulfonamides is 1. The van der Waals surface area contributed by atoms with E-state index in [9.17, 15) is 8.42 Å². The van der Waals surface area contributed by atoms with E-state index in [1.54, 1.807) is 0 Å². The summed E-state index contributed by atoms with van der Waals surface area (Å²) in [6, 6.07) is 0.248. The molecular weight excluding hydrogens is 240 g/mol. The van der Waals surface area contributed by atoms with Crippen LogP contribution in [0, 0.1) is 0 Å². The highest BCUT2D eigenvalue weighted by Gasteiger charge is 2.45. The van der Waals surface area contributed by atoms with E-state index in [-0.39, 0.29) is 23.0 Å². The first-order chi connectivity index (χ1) is 7.52. The molecule has 0 amide bonds. The van der Waals surface area contributed by atoms with E-state index in [2.05, 4.69) is 33.0 Å². The van der Waals surface area contributed by atoms with Gasteiger partial charge in [-0.1, -0.05) is 0 Å². The Morgan fingerprint density at radius 2 is 1.94 bits per heavy atom. The third-order valence-corrected chi connectivity index (χ3v) is 3.93. The second-order valence-corrected chi connectivity index (χ2v) is 7.63. The molecule has 102 valence electrons. The van der Waals surface area contributed by atoms with Gasteiger partial charge in [0, 0.05) is 6.04 Å². The van der Waals surface area contributed by atoms with Crippen molar-refractivity contribution in [1.82, 2.24) is 5.32 Å². The van der Waals surface area contributed by atoms with Gasteiger partial charge in [0.25, 0.3) is 0 Å². The molecule has 6 heteroatoms. The van der Waals surface area contributed by atoms with Crippen molar-refractivity contribution in [3.63, 3.8) is 0 Å². The zero-order chi connectivity index (χ0) is 13.3. The predicted molar refractivity (Wildman–Crippen MR) is 68.2 cm³/mol. The van der Waals surface area contributed by atoms with E-state index < -0.39 is 10.0 Å². The smallest absolute Gasteiger partial charge is 0.209 e. The highest BCUT2D eigenvalue weighted by Crippen LogP contribution is 2.37. The van der Waals surface area contributed by atoms with Crippen LogP contribution in [0.3, 0.4) is 0 Å². The van der Waals surface area contributed by atoms with Crippen molar-refractivity contribution in [1.29, 1.82) is 0 Å². The Labute approximate surface area is 104 Å². The lowest BCUT2D eigenvalue weighted by Gasteiger charge is -2.27. The molecule has 3 N–H and O–H groups in total. The summed E-state index contributed by atoms with van der Waals surface area (Å²) in [6.45, 7) is 8.89. The average molecular weight is 264 g/mol. The quantitative estimate of drug-likeness (QED) is 0.713. The fourth-order valence-electron chi connectivity index (χ4n) is 2.43. The van der Waals surface area contributed by atoms with Crippen LogP contribution in [0.25, 0.3) is 0 Å². The molecule has 1 heterocycles. The monoisotopic (exact) mass is 264 g/mol. The predicted octanol–water partition coefficient (Wildman–Crippen LogP) is 0.601. The molecule has 0 radical (unpaired) electrons. The van der Waals surface area contributed by atoms with Crippen molar-refractivity contribution in [3.05, 3.63) is 0 Å². The third-order valence-electron chi connectivity index (χ3n) is 3.07. The average Bonchev–Trinajstić information content (AvgIpc) is 2.26. The van der Waals surface area contributed by atoms with Crippen LogP contribution < -0.4 is 10.5 Å². The number of ether oxygens (including phenoxy) is 1. The van der Waals surface area contributed by atoms with Gasteiger partial charge in [0.15, 0.2) is 0 Å². The molecule has 5 nitrogen and oxygen atoms in total. The molecule has 1 unspecified atom stereocenters. The van der Waals surface area contributed by atoms with Gasteiger partial charge in [-0.05, 0) is 47.1 Å². The van der Waals surface area contributed by atoms with E-state index in [0.717, 1.165) is 6.42 Å². The number of hydrogen-bond acceptors (Lipinski definition) is 4. The maximum Gasteiger partial charge on any atom is 0.209 e. The van der Waals surface area contributed by atoms with Crippen molar-refractivity contribution in [2.75, 3.05) is 12.3 Å². The molecule has 17 heavy (non-hydrogen) atoms. The van der Waals surface area contributed by atoms with E-state index >= 15 is 0 Å². The van der Waals surface area contributed by atoms with Crippen LogP contribution in [0.2, 0.25) is 0 Å². The summed E-state index contributed by atoms with van der Waals surface area (Å²) in [5.74, 6) is 0.0252. The second kappa shape index (κ2) is 4.84. The van der Waals surface area contributed by atoms with Gasteiger partial charge in [-0.3, -0.25) is 0 Å². The van der Waals surface area contributed by atoms with Gasteiger partial charge in [0.05, 0.1) is 17.0 Å². The largest absolute Gasteiger partial charge is 0.368 e. The first kappa shape index (κ1) is 14.9. The number of rotatable bonds is 5. The standard InChI is InChI=1S/C11H24N2O3S/c1-10(2)8-9(11(3,4)16-10)13-6-5-7-17(12,14)15/h9,13H,5-8H2,1-4H3,(H2,12,14,15). The van der Waals surface area contributed by atoms with E-state index in [0.29, 0.717) is 13.0 Å². The fraction of sp³-hybridized carbons (Fsp3) is 1.00. The molecular formula is C11H24N2O3S. The zero-order valence-electron chi connectivity index (χ0n) is 11.1. The van der Waals surface area contributed by atoms with Gasteiger partial charge in [0.2, 0.25) is 10.0 Å². The minimum Gasteiger partial charge on any atom is -0.368 e. The topological polar surface area (TPSA) is 81.4 Å². The number of hydrogen-bond donors (Lipinski definition) is 2. The highest BCUT2D eigenvalue weighted by atomic mass is 32.2. The van der Waals surface area contributed by atoms with Gasteiger partial charge in [-0.2, -0.15) is 0 Å². The lowest BCUT2D eigenvalue weighted by atomic mass is 9.94. The lowest BCUT2D eigenvalue weighted by molar-refractivity contribution is -0.0697. The molecule has 1 saturated heterocycles. The van der Waals surface area contributed by atoms with E-state index in [1.807, 2.05) is 0 Å². The summed E-state index contributed by atoms with van der Waals surface area (Å²) in [4.78, 5) is 0. The maximum absolute atomic E-state index is 10.8. The molecule has 1 aliphatic rings. The van der Waals surface area contributed by atoms with Crippen LogP contribution in [0.1, 0.15) is 40.5 Å². The van der Waals surface area contributed by atoms with E-state index in [1.165, 1.54) is 0 Å². The summed E-state index contributed by atoms with van der Waals surface area (Å²) in [5, 5.41) is 8.30. The number of nitrogens with two attached hydrogens (primary N) is 1. The molecule has 0 aromatic heterocycles. The van der Waals surface area contributed by atoms with Crippen molar-refractivity contribution in [3.8, 4) is 0 Å². The summed E-state index contributed by atoms with van der Waals surface area (Å²) >= 11 is 0. The van der Waals surface area contributed by atoms with Crippen LogP contribution in [-0.2, 0) is 14.8 Å². The Morgan fingerprint density at radius 3 is 2.35 bits per heavy atom. The Hall–Kier alpha value is -0.170. The van der Waals surface area contributed by atoms with Crippen LogP contribution in [0.5, 0.6) is 0 Å². The summed E-state index contributed by atoms with van der Waals surface area (Å²) in [5.41, 5.74) is -0.341. The molecule has 0 bridgehead atoms. The van der Waals surface area contributed by atoms with E-state index in [4.69, 9.17) is 9.88 Å². The Kier molecular flexibility index (Phi) is 4.24. The zero-order valence-corrected chi connectivity index (χ0v) is 11.9. The Bertz CT molecular complexity index is 363. The summed E-state index contributed by atoms with van der Waals surface area (Å²) in [7, 11) is -3.34. The Balaban J connectivity index is 2.38. The SMILES string of the molecule is CC1(C)CC(NCCCS(N)(=O)=O)C(C)(C)O1. The van der Waals surface area contributed by atoms with Crippen molar-refractivity contribution >= 4 is 10.0 Å². The molecule has 1 atom stereocenters. The van der Waals surface area contributed by atoms with Crippen LogP contribution in [-0.4, -0.2) is 38.0 Å². The fourth-order valence-corrected chi connectivity index (χ4v) is 2.98. The molecule has 0 spiro atoms.